The molecule has 0 bridgehead atoms. The molecule has 0 rings (SSSR count). The summed E-state index contributed by atoms with van der Waals surface area (Å²) in [4.78, 5) is 23.3. The van der Waals surface area contributed by atoms with E-state index in [1.165, 1.54) is 20.8 Å². The maximum Gasteiger partial charge on any atom is 0.460 e. The first-order valence-electron chi connectivity index (χ1n) is 41.0. The van der Waals surface area contributed by atoms with Crippen LogP contribution in [0.25, 0.3) is 0 Å². The fraction of sp³-hybridized carbons (Fsp3) is 0.975. The largest absolute Gasteiger partial charge is 0.465 e. The van der Waals surface area contributed by atoms with Crippen LogP contribution < -0.4 is 0 Å². The summed E-state index contributed by atoms with van der Waals surface area (Å²) in [7, 11) is 1.71. The lowest BCUT2D eigenvalue weighted by molar-refractivity contribution is -0.397. The minimum Gasteiger partial charge on any atom is -0.465 e. The van der Waals surface area contributed by atoms with Crippen LogP contribution in [-0.4, -0.2) is 314 Å². The molecule has 0 aromatic carbocycles. The summed E-state index contributed by atoms with van der Waals surface area (Å²) in [6.45, 7) is 36.2. The molecule has 0 aliphatic heterocycles. The standard InChI is InChI=1S/C67H134O22.C12H15F9O2/c1-5-67(2,3)66(68)89-65-25-64-88-63-24-62-87-61-23-60-86-59-22-58-85-57-21-56-84-55-20-54-83-53-19-52-82-51-18-50-81-49-17-48-80-47-16-46-79-45-15-44-78-43-14-42-77-41-13-40-76-39-12-38-75-37-11-36-74-35-10-34-73-33-9-32-72-31-8-30-71-29-7-28-70-27-6-26-69-4;1-4-8(2,3)7(22)23-6-5-9(13,14)10(15,16)11(17,18)12(19,20)21/h5-65H2,1-4H3;4-6H2,1-3H3. The molecule has 0 unspecified atom stereocenters. The maximum atomic E-state index is 13.1. The van der Waals surface area contributed by atoms with Gasteiger partial charge in [0.1, 0.15) is 0 Å². The molecule has 0 saturated carbocycles. The van der Waals surface area contributed by atoms with E-state index in [-0.39, 0.29) is 12.4 Å². The highest BCUT2D eigenvalue weighted by molar-refractivity contribution is 5.76. The summed E-state index contributed by atoms with van der Waals surface area (Å²) in [6, 6.07) is 0. The topological polar surface area (TPSA) is 237 Å². The number of alkyl halides is 9. The third-order valence-electron chi connectivity index (χ3n) is 16.4. The van der Waals surface area contributed by atoms with Gasteiger partial charge in [-0.1, -0.05) is 13.8 Å². The number of halogens is 9. The number of esters is 2. The fourth-order valence-electron chi connectivity index (χ4n) is 8.82. The van der Waals surface area contributed by atoms with Crippen molar-refractivity contribution in [3.8, 4) is 0 Å². The van der Waals surface area contributed by atoms with E-state index >= 15 is 0 Å². The molecular formula is C79H149F9O24. The normalized spacial score (nSPS) is 12.5. The van der Waals surface area contributed by atoms with Gasteiger partial charge >= 0.3 is 35.9 Å². The van der Waals surface area contributed by atoms with Gasteiger partial charge in [0.25, 0.3) is 0 Å². The number of methoxy groups -OCH3 is 1. The summed E-state index contributed by atoms with van der Waals surface area (Å²) in [6.07, 6.45) is 9.49. The summed E-state index contributed by atoms with van der Waals surface area (Å²) in [5, 5.41) is 0. The lowest BCUT2D eigenvalue weighted by Gasteiger charge is -2.33. The second-order valence-electron chi connectivity index (χ2n) is 27.5. The predicted octanol–water partition coefficient (Wildman–Crippen LogP) is 14.6. The van der Waals surface area contributed by atoms with Gasteiger partial charge in [0.15, 0.2) is 0 Å². The van der Waals surface area contributed by atoms with Gasteiger partial charge in [-0.15, -0.1) is 0 Å². The van der Waals surface area contributed by atoms with Crippen LogP contribution in [-0.2, 0) is 114 Å². The van der Waals surface area contributed by atoms with Crippen molar-refractivity contribution in [2.24, 2.45) is 10.8 Å². The molecule has 112 heavy (non-hydrogen) atoms. The lowest BCUT2D eigenvalue weighted by atomic mass is 9.91. The first kappa shape index (κ1) is 112. The van der Waals surface area contributed by atoms with Crippen molar-refractivity contribution in [1.29, 1.82) is 0 Å². The Morgan fingerprint density at radius 2 is 0.357 bits per heavy atom. The second kappa shape index (κ2) is 79.6. The van der Waals surface area contributed by atoms with Gasteiger partial charge in [-0.05, 0) is 163 Å². The van der Waals surface area contributed by atoms with Crippen molar-refractivity contribution in [3.05, 3.63) is 0 Å². The molecule has 0 aromatic rings. The van der Waals surface area contributed by atoms with Gasteiger partial charge in [0, 0.05) is 271 Å². The zero-order valence-corrected chi connectivity index (χ0v) is 69.5. The van der Waals surface area contributed by atoms with Crippen LogP contribution >= 0.6 is 0 Å². The second-order valence-corrected chi connectivity index (χ2v) is 27.5. The van der Waals surface area contributed by atoms with E-state index in [4.69, 9.17) is 99.5 Å². The number of ether oxygens (including phenoxy) is 22. The molecule has 0 saturated heterocycles. The van der Waals surface area contributed by atoms with Gasteiger partial charge in [-0.3, -0.25) is 9.59 Å². The van der Waals surface area contributed by atoms with Crippen molar-refractivity contribution >= 4 is 11.9 Å². The van der Waals surface area contributed by atoms with Gasteiger partial charge in [-0.2, -0.15) is 39.5 Å². The minimum atomic E-state index is -6.93. The Labute approximate surface area is 665 Å². The molecule has 0 N–H and O–H groups in total. The van der Waals surface area contributed by atoms with E-state index in [0.717, 1.165) is 161 Å². The molecule has 33 heteroatoms. The highest BCUT2D eigenvalue weighted by atomic mass is 19.4. The van der Waals surface area contributed by atoms with Crippen LogP contribution in [0.15, 0.2) is 0 Å². The Hall–Kier alpha value is -2.49. The fourth-order valence-corrected chi connectivity index (χ4v) is 8.82. The average molecular weight is 1650 g/mol. The quantitative estimate of drug-likeness (QED) is 0.0312. The third kappa shape index (κ3) is 70.5. The molecule has 0 spiro atoms. The Morgan fingerprint density at radius 1 is 0.214 bits per heavy atom. The molecule has 672 valence electrons. The zero-order valence-electron chi connectivity index (χ0n) is 69.5. The maximum absolute atomic E-state index is 13.1. The van der Waals surface area contributed by atoms with E-state index in [2.05, 4.69) is 4.74 Å². The SMILES string of the molecule is CCC(C)(C)C(=O)OCCC(F)(F)C(F)(F)C(F)(F)C(F)(F)F.CCC(C)(C)C(=O)OCCCOCCCOCCCOCCCOCCCOCCCOCCCOCCCOCCCOCCCOCCCOCCCOCCCOCCCOCCCOCCCOCCCOCCCOCCCOCCCOC. The molecule has 0 aliphatic carbocycles. The van der Waals surface area contributed by atoms with Crippen molar-refractivity contribution < 1.29 is 153 Å². The first-order chi connectivity index (χ1) is 54.0. The summed E-state index contributed by atoms with van der Waals surface area (Å²) >= 11 is 0. The van der Waals surface area contributed by atoms with Crippen LogP contribution in [0.2, 0.25) is 0 Å². The van der Waals surface area contributed by atoms with Crippen molar-refractivity contribution in [3.63, 3.8) is 0 Å². The smallest absolute Gasteiger partial charge is 0.460 e. The van der Waals surface area contributed by atoms with Gasteiger partial charge < -0.3 is 104 Å². The Balaban J connectivity index is 0. The van der Waals surface area contributed by atoms with E-state index in [0.29, 0.717) is 238 Å². The van der Waals surface area contributed by atoms with Gasteiger partial charge in [0.05, 0.1) is 30.5 Å². The van der Waals surface area contributed by atoms with Gasteiger partial charge in [-0.25, -0.2) is 0 Å². The molecule has 0 amide bonds. The number of carbonyl (C=O) groups is 2. The third-order valence-corrected chi connectivity index (χ3v) is 16.4. The molecule has 0 radical (unpaired) electrons. The number of hydrogen-bond donors (Lipinski definition) is 0. The van der Waals surface area contributed by atoms with E-state index in [1.54, 1.807) is 7.11 Å². The van der Waals surface area contributed by atoms with Crippen LogP contribution in [0.4, 0.5) is 39.5 Å². The molecule has 0 aromatic heterocycles. The Bertz CT molecular complexity index is 1980. The van der Waals surface area contributed by atoms with Crippen LogP contribution in [0.5, 0.6) is 0 Å². The van der Waals surface area contributed by atoms with Crippen molar-refractivity contribution in [1.82, 2.24) is 0 Å². The molecule has 0 heterocycles. The minimum absolute atomic E-state index is 0.144. The number of rotatable bonds is 89. The average Bonchev–Trinajstić information content (AvgIpc) is 0.746. The van der Waals surface area contributed by atoms with Crippen LogP contribution in [0.3, 0.4) is 0 Å². The van der Waals surface area contributed by atoms with E-state index in [1.807, 2.05) is 20.8 Å². The van der Waals surface area contributed by atoms with Gasteiger partial charge in [0.2, 0.25) is 0 Å². The van der Waals surface area contributed by atoms with E-state index in [9.17, 15) is 49.1 Å². The van der Waals surface area contributed by atoms with Crippen LogP contribution in [0, 0.1) is 10.8 Å². The molecule has 0 aliphatic rings. The highest BCUT2D eigenvalue weighted by Gasteiger charge is 2.81. The van der Waals surface area contributed by atoms with Crippen molar-refractivity contribution in [2.75, 3.05) is 278 Å². The summed E-state index contributed by atoms with van der Waals surface area (Å²) in [5.74, 6) is -20.6. The van der Waals surface area contributed by atoms with Crippen molar-refractivity contribution in [2.45, 2.75) is 213 Å². The Morgan fingerprint density at radius 3 is 0.500 bits per heavy atom. The summed E-state index contributed by atoms with van der Waals surface area (Å²) in [5.41, 5.74) is -1.57. The molecular weight excluding hydrogens is 1500 g/mol. The van der Waals surface area contributed by atoms with E-state index < -0.39 is 53.8 Å². The monoisotopic (exact) mass is 1650 g/mol. The molecule has 24 nitrogen and oxygen atoms in total. The van der Waals surface area contributed by atoms with Crippen LogP contribution in [0.1, 0.15) is 189 Å². The number of carbonyl (C=O) groups excluding carboxylic acids is 2. The first-order valence-corrected chi connectivity index (χ1v) is 41.0. The highest BCUT2D eigenvalue weighted by Crippen LogP contribution is 2.54. The molecule has 0 fully saturated rings. The lowest BCUT2D eigenvalue weighted by Crippen LogP contribution is -2.61. The summed E-state index contributed by atoms with van der Waals surface area (Å²) < 4.78 is 235. The molecule has 0 atom stereocenters. The predicted molar refractivity (Wildman–Crippen MR) is 405 cm³/mol. The zero-order chi connectivity index (χ0) is 83.0. The number of hydrogen-bond acceptors (Lipinski definition) is 24. The Kier molecular flexibility index (Phi) is 79.3.